The normalized spacial score (nSPS) is 15.4. The second-order valence-corrected chi connectivity index (χ2v) is 8.03. The van der Waals surface area contributed by atoms with Crippen molar-refractivity contribution >= 4 is 11.8 Å². The number of carbonyl (C=O) groups is 2. The zero-order valence-electron chi connectivity index (χ0n) is 18.0. The Hall–Kier alpha value is -3.84. The molecule has 1 saturated heterocycles. The Morgan fingerprint density at radius 1 is 0.875 bits per heavy atom. The van der Waals surface area contributed by atoms with Gasteiger partial charge in [-0.2, -0.15) is 0 Å². The lowest BCUT2D eigenvalue weighted by Gasteiger charge is -2.31. The lowest BCUT2D eigenvalue weighted by molar-refractivity contribution is -0.126. The van der Waals surface area contributed by atoms with E-state index < -0.39 is 0 Å². The molecule has 2 amide bonds. The van der Waals surface area contributed by atoms with Crippen LogP contribution in [0.15, 0.2) is 84.9 Å². The lowest BCUT2D eigenvalue weighted by atomic mass is 9.97. The van der Waals surface area contributed by atoms with E-state index in [2.05, 4.69) is 29.3 Å². The first-order chi connectivity index (χ1) is 15.7. The standard InChI is InChI=1S/C28H26N2O2/c31-27(18-13-22-8-3-1-4-9-22)30-19-7-10-23(21-30)20-29-28(32)26-16-14-25(15-17-26)24-11-5-2-6-12-24/h1-6,8-9,11-12,14-17,23H,7,10,19-21H2,(H,29,32)/t23-/m0/s1. The number of hydrogen-bond donors (Lipinski definition) is 1. The van der Waals surface area contributed by atoms with E-state index in [1.54, 1.807) is 4.90 Å². The Bertz CT molecular complexity index is 1110. The summed E-state index contributed by atoms with van der Waals surface area (Å²) in [7, 11) is 0. The van der Waals surface area contributed by atoms with Crippen molar-refractivity contribution in [2.75, 3.05) is 19.6 Å². The van der Waals surface area contributed by atoms with Gasteiger partial charge in [-0.15, -0.1) is 0 Å². The zero-order chi connectivity index (χ0) is 22.2. The first-order valence-electron chi connectivity index (χ1n) is 11.0. The Balaban J connectivity index is 1.29. The van der Waals surface area contributed by atoms with Gasteiger partial charge in [0.2, 0.25) is 0 Å². The molecule has 0 saturated carbocycles. The molecule has 0 bridgehead atoms. The van der Waals surface area contributed by atoms with Gasteiger partial charge in [0.1, 0.15) is 0 Å². The first kappa shape index (κ1) is 21.4. The summed E-state index contributed by atoms with van der Waals surface area (Å²) < 4.78 is 0. The fourth-order valence-corrected chi connectivity index (χ4v) is 3.93. The highest BCUT2D eigenvalue weighted by molar-refractivity contribution is 5.95. The summed E-state index contributed by atoms with van der Waals surface area (Å²) in [5, 5.41) is 3.03. The third-order valence-corrected chi connectivity index (χ3v) is 5.70. The molecule has 32 heavy (non-hydrogen) atoms. The number of likely N-dealkylation sites (tertiary alicyclic amines) is 1. The van der Waals surface area contributed by atoms with Crippen molar-refractivity contribution < 1.29 is 9.59 Å². The lowest BCUT2D eigenvalue weighted by Crippen LogP contribution is -2.43. The number of piperidine rings is 1. The van der Waals surface area contributed by atoms with Gasteiger partial charge >= 0.3 is 0 Å². The zero-order valence-corrected chi connectivity index (χ0v) is 18.0. The number of benzene rings is 3. The monoisotopic (exact) mass is 422 g/mol. The molecule has 1 aliphatic heterocycles. The van der Waals surface area contributed by atoms with Crippen molar-refractivity contribution in [3.8, 4) is 23.0 Å². The largest absolute Gasteiger partial charge is 0.352 e. The van der Waals surface area contributed by atoms with Gasteiger partial charge in [0.05, 0.1) is 0 Å². The quantitative estimate of drug-likeness (QED) is 0.635. The molecule has 1 N–H and O–H groups in total. The van der Waals surface area contributed by atoms with E-state index in [0.29, 0.717) is 25.2 Å². The minimum absolute atomic E-state index is 0.0862. The topological polar surface area (TPSA) is 49.4 Å². The van der Waals surface area contributed by atoms with Crippen LogP contribution >= 0.6 is 0 Å². The van der Waals surface area contributed by atoms with Crippen LogP contribution < -0.4 is 5.32 Å². The average molecular weight is 423 g/mol. The molecule has 4 rings (SSSR count). The van der Waals surface area contributed by atoms with Crippen molar-refractivity contribution in [1.29, 1.82) is 0 Å². The molecule has 1 aliphatic rings. The molecule has 3 aromatic rings. The third-order valence-electron chi connectivity index (χ3n) is 5.70. The highest BCUT2D eigenvalue weighted by Crippen LogP contribution is 2.20. The molecule has 1 heterocycles. The molecule has 1 fully saturated rings. The van der Waals surface area contributed by atoms with E-state index >= 15 is 0 Å². The average Bonchev–Trinajstić information content (AvgIpc) is 2.87. The Morgan fingerprint density at radius 2 is 1.53 bits per heavy atom. The van der Waals surface area contributed by atoms with E-state index in [1.165, 1.54) is 0 Å². The molecule has 0 aliphatic carbocycles. The van der Waals surface area contributed by atoms with Crippen LogP contribution in [0.4, 0.5) is 0 Å². The van der Waals surface area contributed by atoms with Gasteiger partial charge in [-0.05, 0) is 54.2 Å². The summed E-state index contributed by atoms with van der Waals surface area (Å²) in [6.45, 7) is 1.89. The first-order valence-corrected chi connectivity index (χ1v) is 11.0. The summed E-state index contributed by atoms with van der Waals surface area (Å²) in [4.78, 5) is 26.9. The minimum atomic E-state index is -0.151. The molecule has 0 unspecified atom stereocenters. The van der Waals surface area contributed by atoms with Gasteiger partial charge in [0, 0.05) is 36.7 Å². The Kier molecular flexibility index (Phi) is 6.99. The van der Waals surface area contributed by atoms with Crippen LogP contribution in [-0.4, -0.2) is 36.3 Å². The predicted octanol–water partition coefficient (Wildman–Crippen LogP) is 4.37. The molecule has 160 valence electrons. The van der Waals surface area contributed by atoms with Gasteiger partial charge < -0.3 is 10.2 Å². The van der Waals surface area contributed by atoms with Gasteiger partial charge in [0.15, 0.2) is 0 Å². The minimum Gasteiger partial charge on any atom is -0.352 e. The van der Waals surface area contributed by atoms with Crippen molar-refractivity contribution in [2.24, 2.45) is 5.92 Å². The van der Waals surface area contributed by atoms with Gasteiger partial charge in [-0.25, -0.2) is 0 Å². The maximum absolute atomic E-state index is 12.6. The fourth-order valence-electron chi connectivity index (χ4n) is 3.93. The fraction of sp³-hybridized carbons (Fsp3) is 0.214. The van der Waals surface area contributed by atoms with E-state index in [0.717, 1.165) is 29.5 Å². The second-order valence-electron chi connectivity index (χ2n) is 8.03. The summed E-state index contributed by atoms with van der Waals surface area (Å²) in [5.41, 5.74) is 3.68. The highest BCUT2D eigenvalue weighted by Gasteiger charge is 2.23. The summed E-state index contributed by atoms with van der Waals surface area (Å²) in [6.07, 6.45) is 1.91. The van der Waals surface area contributed by atoms with Gasteiger partial charge in [0.25, 0.3) is 11.8 Å². The van der Waals surface area contributed by atoms with E-state index in [4.69, 9.17) is 0 Å². The number of nitrogens with one attached hydrogen (secondary N) is 1. The smallest absolute Gasteiger partial charge is 0.298 e. The molecule has 4 nitrogen and oxygen atoms in total. The van der Waals surface area contributed by atoms with Crippen LogP contribution in [0.1, 0.15) is 28.8 Å². The van der Waals surface area contributed by atoms with Crippen molar-refractivity contribution in [3.63, 3.8) is 0 Å². The SMILES string of the molecule is O=C(NC[C@@H]1CCCN(C(=O)C#Cc2ccccc2)C1)c1ccc(-c2ccccc2)cc1. The summed E-state index contributed by atoms with van der Waals surface area (Å²) in [6, 6.07) is 27.3. The highest BCUT2D eigenvalue weighted by atomic mass is 16.2. The van der Waals surface area contributed by atoms with E-state index in [-0.39, 0.29) is 17.7 Å². The van der Waals surface area contributed by atoms with Crippen LogP contribution in [0.5, 0.6) is 0 Å². The van der Waals surface area contributed by atoms with Crippen LogP contribution in [-0.2, 0) is 4.79 Å². The maximum atomic E-state index is 12.6. The number of amides is 2. The summed E-state index contributed by atoms with van der Waals surface area (Å²) in [5.74, 6) is 5.68. The van der Waals surface area contributed by atoms with Crippen LogP contribution in [0, 0.1) is 17.8 Å². The van der Waals surface area contributed by atoms with Crippen LogP contribution in [0.3, 0.4) is 0 Å². The summed E-state index contributed by atoms with van der Waals surface area (Å²) >= 11 is 0. The van der Waals surface area contributed by atoms with Crippen LogP contribution in [0.25, 0.3) is 11.1 Å². The molecule has 4 heteroatoms. The second kappa shape index (κ2) is 10.5. The van der Waals surface area contributed by atoms with Crippen molar-refractivity contribution in [1.82, 2.24) is 10.2 Å². The molecule has 0 radical (unpaired) electrons. The molecular formula is C28H26N2O2. The van der Waals surface area contributed by atoms with Crippen molar-refractivity contribution in [3.05, 3.63) is 96.1 Å². The maximum Gasteiger partial charge on any atom is 0.298 e. The number of carbonyl (C=O) groups excluding carboxylic acids is 2. The van der Waals surface area contributed by atoms with Gasteiger partial charge in [-0.3, -0.25) is 9.59 Å². The molecule has 0 aromatic heterocycles. The number of hydrogen-bond acceptors (Lipinski definition) is 2. The van der Waals surface area contributed by atoms with E-state index in [1.807, 2.05) is 72.8 Å². The molecule has 1 atom stereocenters. The third kappa shape index (κ3) is 5.65. The number of rotatable bonds is 4. The Morgan fingerprint density at radius 3 is 2.25 bits per heavy atom. The number of nitrogens with zero attached hydrogens (tertiary/aromatic N) is 1. The Labute approximate surface area is 189 Å². The van der Waals surface area contributed by atoms with Crippen molar-refractivity contribution in [2.45, 2.75) is 12.8 Å². The van der Waals surface area contributed by atoms with E-state index in [9.17, 15) is 9.59 Å². The molecule has 0 spiro atoms. The molecular weight excluding hydrogens is 396 g/mol. The molecule has 3 aromatic carbocycles. The van der Waals surface area contributed by atoms with Gasteiger partial charge in [-0.1, -0.05) is 66.6 Å². The van der Waals surface area contributed by atoms with Crippen LogP contribution in [0.2, 0.25) is 0 Å². The predicted molar refractivity (Wildman–Crippen MR) is 127 cm³/mol.